The van der Waals surface area contributed by atoms with Crippen molar-refractivity contribution in [2.75, 3.05) is 0 Å². The molecule has 0 amide bonds. The van der Waals surface area contributed by atoms with Crippen LogP contribution >= 0.6 is 0 Å². The fraction of sp³-hybridized carbons (Fsp3) is 0.600. The molecule has 1 saturated carbocycles. The lowest BCUT2D eigenvalue weighted by molar-refractivity contribution is -0.396. The number of hydrogen-bond donors (Lipinski definition) is 0. The van der Waals surface area contributed by atoms with Crippen LogP contribution in [-0.2, 0) is 11.9 Å². The van der Waals surface area contributed by atoms with Gasteiger partial charge in [-0.15, -0.1) is 0 Å². The van der Waals surface area contributed by atoms with Crippen molar-refractivity contribution < 1.29 is 9.76 Å². The Labute approximate surface area is 98.2 Å². The summed E-state index contributed by atoms with van der Waals surface area (Å²) in [5, 5.41) is 14.4. The van der Waals surface area contributed by atoms with Crippen LogP contribution < -0.4 is 0 Å². The summed E-state index contributed by atoms with van der Waals surface area (Å²) in [6.45, 7) is 0. The maximum absolute atomic E-state index is 10.6. The molecule has 0 saturated heterocycles. The molecule has 0 radical (unpaired) electrons. The third kappa shape index (κ3) is 2.61. The Morgan fingerprint density at radius 3 is 2.94 bits per heavy atom. The number of aromatic nitrogens is 2. The Kier molecular flexibility index (Phi) is 3.36. The summed E-state index contributed by atoms with van der Waals surface area (Å²) < 4.78 is 1.36. The normalized spacial score (nSPS) is 16.8. The minimum Gasteiger partial charge on any atom is -0.392 e. The molecule has 1 aliphatic carbocycles. The van der Waals surface area contributed by atoms with Crippen molar-refractivity contribution in [1.29, 1.82) is 0 Å². The SMILES string of the molecule is Cn1c(C=NOC2CCCC2)cnc1[N+](=O)[O-]. The van der Waals surface area contributed by atoms with Gasteiger partial charge in [-0.3, -0.25) is 0 Å². The van der Waals surface area contributed by atoms with Crippen LogP contribution in [0.4, 0.5) is 5.95 Å². The largest absolute Gasteiger partial charge is 0.434 e. The number of hydrogen-bond acceptors (Lipinski definition) is 5. The van der Waals surface area contributed by atoms with Gasteiger partial charge in [0, 0.05) is 0 Å². The zero-order valence-electron chi connectivity index (χ0n) is 9.57. The van der Waals surface area contributed by atoms with Gasteiger partial charge in [-0.05, 0) is 30.6 Å². The van der Waals surface area contributed by atoms with Gasteiger partial charge >= 0.3 is 5.95 Å². The third-order valence-electron chi connectivity index (χ3n) is 2.86. The Morgan fingerprint density at radius 2 is 2.35 bits per heavy atom. The van der Waals surface area contributed by atoms with Crippen LogP contribution in [0.5, 0.6) is 0 Å². The lowest BCUT2D eigenvalue weighted by atomic mass is 10.3. The Bertz CT molecular complexity index is 435. The van der Waals surface area contributed by atoms with Gasteiger partial charge in [0.2, 0.25) is 0 Å². The predicted molar refractivity (Wildman–Crippen MR) is 60.8 cm³/mol. The quantitative estimate of drug-likeness (QED) is 0.453. The second kappa shape index (κ2) is 4.94. The lowest BCUT2D eigenvalue weighted by Crippen LogP contribution is -2.04. The number of rotatable bonds is 4. The second-order valence-electron chi connectivity index (χ2n) is 4.05. The van der Waals surface area contributed by atoms with Crippen LogP contribution in [0.3, 0.4) is 0 Å². The monoisotopic (exact) mass is 238 g/mol. The van der Waals surface area contributed by atoms with Crippen molar-refractivity contribution in [2.45, 2.75) is 31.8 Å². The highest BCUT2D eigenvalue weighted by Crippen LogP contribution is 2.20. The predicted octanol–water partition coefficient (Wildman–Crippen LogP) is 1.62. The molecule has 17 heavy (non-hydrogen) atoms. The summed E-state index contributed by atoms with van der Waals surface area (Å²) >= 11 is 0. The molecule has 0 spiro atoms. The van der Waals surface area contributed by atoms with E-state index in [2.05, 4.69) is 10.1 Å². The van der Waals surface area contributed by atoms with Crippen molar-refractivity contribution in [3.63, 3.8) is 0 Å². The van der Waals surface area contributed by atoms with Crippen LogP contribution in [0, 0.1) is 10.1 Å². The first-order valence-electron chi connectivity index (χ1n) is 5.54. The van der Waals surface area contributed by atoms with E-state index in [4.69, 9.17) is 4.84 Å². The van der Waals surface area contributed by atoms with E-state index in [-0.39, 0.29) is 12.1 Å². The van der Waals surface area contributed by atoms with Crippen LogP contribution in [0.15, 0.2) is 11.4 Å². The fourth-order valence-electron chi connectivity index (χ4n) is 1.87. The Morgan fingerprint density at radius 1 is 1.65 bits per heavy atom. The third-order valence-corrected chi connectivity index (χ3v) is 2.86. The van der Waals surface area contributed by atoms with E-state index in [0.29, 0.717) is 5.69 Å². The minimum atomic E-state index is -0.533. The molecule has 0 bridgehead atoms. The van der Waals surface area contributed by atoms with E-state index >= 15 is 0 Å². The topological polar surface area (TPSA) is 82.5 Å². The summed E-state index contributed by atoms with van der Waals surface area (Å²) in [6.07, 6.45) is 7.47. The van der Waals surface area contributed by atoms with E-state index in [1.807, 2.05) is 0 Å². The van der Waals surface area contributed by atoms with Gasteiger partial charge in [0.1, 0.15) is 18.5 Å². The number of imidazole rings is 1. The van der Waals surface area contributed by atoms with Gasteiger partial charge in [-0.2, -0.15) is 0 Å². The van der Waals surface area contributed by atoms with E-state index in [9.17, 15) is 10.1 Å². The maximum atomic E-state index is 10.6. The van der Waals surface area contributed by atoms with Crippen molar-refractivity contribution in [2.24, 2.45) is 12.2 Å². The molecule has 0 unspecified atom stereocenters. The van der Waals surface area contributed by atoms with E-state index < -0.39 is 4.92 Å². The van der Waals surface area contributed by atoms with Gasteiger partial charge in [-0.1, -0.05) is 10.1 Å². The summed E-state index contributed by atoms with van der Waals surface area (Å²) in [7, 11) is 1.57. The zero-order chi connectivity index (χ0) is 12.3. The molecule has 1 fully saturated rings. The number of nitro groups is 1. The van der Waals surface area contributed by atoms with Gasteiger partial charge < -0.3 is 15.0 Å². The van der Waals surface area contributed by atoms with Gasteiger partial charge in [0.25, 0.3) is 0 Å². The van der Waals surface area contributed by atoms with Crippen molar-refractivity contribution in [3.05, 3.63) is 22.0 Å². The zero-order valence-corrected chi connectivity index (χ0v) is 9.57. The molecular formula is C10H14N4O3. The summed E-state index contributed by atoms with van der Waals surface area (Å²) in [5.41, 5.74) is 0.551. The molecule has 1 aromatic rings. The molecule has 92 valence electrons. The van der Waals surface area contributed by atoms with E-state index in [1.165, 1.54) is 29.8 Å². The molecule has 0 aliphatic heterocycles. The van der Waals surface area contributed by atoms with Crippen molar-refractivity contribution >= 4 is 12.2 Å². The Balaban J connectivity index is 1.98. The average Bonchev–Trinajstić information content (AvgIpc) is 2.89. The second-order valence-corrected chi connectivity index (χ2v) is 4.05. The molecule has 0 aromatic carbocycles. The molecule has 2 rings (SSSR count). The molecule has 0 N–H and O–H groups in total. The number of nitrogens with zero attached hydrogens (tertiary/aromatic N) is 4. The molecular weight excluding hydrogens is 224 g/mol. The van der Waals surface area contributed by atoms with Crippen LogP contribution in [-0.4, -0.2) is 26.8 Å². The maximum Gasteiger partial charge on any atom is 0.434 e. The molecule has 1 aliphatic rings. The van der Waals surface area contributed by atoms with Crippen LogP contribution in [0.25, 0.3) is 0 Å². The van der Waals surface area contributed by atoms with Crippen molar-refractivity contribution in [3.8, 4) is 0 Å². The van der Waals surface area contributed by atoms with E-state index in [0.717, 1.165) is 12.8 Å². The highest BCUT2D eigenvalue weighted by atomic mass is 16.6. The van der Waals surface area contributed by atoms with Gasteiger partial charge in [0.15, 0.2) is 5.69 Å². The highest BCUT2D eigenvalue weighted by Gasteiger charge is 2.17. The molecule has 1 aromatic heterocycles. The van der Waals surface area contributed by atoms with Gasteiger partial charge in [-0.25, -0.2) is 4.57 Å². The van der Waals surface area contributed by atoms with Crippen LogP contribution in [0.2, 0.25) is 0 Å². The summed E-state index contributed by atoms with van der Waals surface area (Å²) in [5.74, 6) is -0.202. The molecule has 0 atom stereocenters. The molecule has 7 heteroatoms. The van der Waals surface area contributed by atoms with Crippen molar-refractivity contribution in [1.82, 2.24) is 9.55 Å². The first-order chi connectivity index (χ1) is 8.18. The summed E-state index contributed by atoms with van der Waals surface area (Å²) in [4.78, 5) is 19.0. The number of oxime groups is 1. The van der Waals surface area contributed by atoms with Gasteiger partial charge in [0.05, 0.1) is 7.05 Å². The molecule has 1 heterocycles. The minimum absolute atomic E-state index is 0.189. The first-order valence-corrected chi connectivity index (χ1v) is 5.54. The smallest absolute Gasteiger partial charge is 0.392 e. The Hall–Kier alpha value is -1.92. The first kappa shape index (κ1) is 11.6. The fourth-order valence-corrected chi connectivity index (χ4v) is 1.87. The summed E-state index contributed by atoms with van der Waals surface area (Å²) in [6, 6.07) is 0. The highest BCUT2D eigenvalue weighted by molar-refractivity contribution is 5.77. The average molecular weight is 238 g/mol. The van der Waals surface area contributed by atoms with Crippen LogP contribution in [0.1, 0.15) is 31.4 Å². The molecule has 7 nitrogen and oxygen atoms in total. The lowest BCUT2D eigenvalue weighted by Gasteiger charge is -2.04. The van der Waals surface area contributed by atoms with E-state index in [1.54, 1.807) is 7.05 Å². The standard InChI is InChI=1S/C10H14N4O3/c1-13-8(6-11-10(13)14(15)16)7-12-17-9-4-2-3-5-9/h6-7,9H,2-5H2,1H3.